The first-order chi connectivity index (χ1) is 24.3. The molecule has 4 aliphatic carbocycles. The Hall–Kier alpha value is -3.25. The van der Waals surface area contributed by atoms with E-state index in [1.54, 1.807) is 6.08 Å². The van der Waals surface area contributed by atoms with Crippen LogP contribution in [0.4, 0.5) is 17.6 Å². The molecule has 11 nitrogen and oxygen atoms in total. The fourth-order valence-electron chi connectivity index (χ4n) is 11.1. The number of nitrogens with zero attached hydrogens (tertiary/aromatic N) is 6. The molecule has 276 valence electrons. The zero-order valence-corrected chi connectivity index (χ0v) is 31.6. The highest BCUT2D eigenvalue weighted by atomic mass is 32.2. The van der Waals surface area contributed by atoms with Crippen LogP contribution in [0.1, 0.15) is 72.1 Å². The van der Waals surface area contributed by atoms with E-state index in [9.17, 15) is 18.0 Å². The maximum Gasteiger partial charge on any atom is 0.305 e. The second-order valence-corrected chi connectivity index (χ2v) is 18.4. The second kappa shape index (κ2) is 13.0. The van der Waals surface area contributed by atoms with Crippen molar-refractivity contribution in [3.8, 4) is 0 Å². The van der Waals surface area contributed by atoms with Crippen LogP contribution in [0.2, 0.25) is 0 Å². The molecule has 7 aliphatic rings. The van der Waals surface area contributed by atoms with Crippen molar-refractivity contribution in [3.63, 3.8) is 0 Å². The number of carbonyl (C=O) groups excluding carboxylic acids is 2. The summed E-state index contributed by atoms with van der Waals surface area (Å²) in [5.41, 5.74) is 1.15. The summed E-state index contributed by atoms with van der Waals surface area (Å²) in [5.74, 6) is 3.99. The minimum absolute atomic E-state index is 0.0359. The topological polar surface area (TPSA) is 116 Å². The summed E-state index contributed by atoms with van der Waals surface area (Å²) in [6.07, 6.45) is 14.5. The molecule has 3 saturated heterocycles. The van der Waals surface area contributed by atoms with Crippen LogP contribution in [0.15, 0.2) is 41.2 Å². The number of anilines is 3. The van der Waals surface area contributed by atoms with Gasteiger partial charge in [-0.2, -0.15) is 18.4 Å². The van der Waals surface area contributed by atoms with E-state index in [1.807, 2.05) is 6.92 Å². The molecule has 1 aromatic rings. The van der Waals surface area contributed by atoms with Crippen molar-refractivity contribution in [2.75, 3.05) is 79.9 Å². The average molecular weight is 719 g/mol. The van der Waals surface area contributed by atoms with Crippen LogP contribution in [0.5, 0.6) is 0 Å². The Kier molecular flexibility index (Phi) is 8.88. The Morgan fingerprint density at radius 1 is 0.922 bits per heavy atom. The van der Waals surface area contributed by atoms with E-state index in [1.165, 1.54) is 31.8 Å². The summed E-state index contributed by atoms with van der Waals surface area (Å²) in [7, 11) is -3.81. The molecule has 0 N–H and O–H groups in total. The number of aromatic nitrogens is 2. The molecule has 0 aromatic carbocycles. The number of Topliss-reactive ketones (excluding diaryl/α,β-unsaturated/α-hetero) is 1. The lowest BCUT2D eigenvalue weighted by atomic mass is 9.51. The lowest BCUT2D eigenvalue weighted by Crippen LogP contribution is -2.51. The second-order valence-electron chi connectivity index (χ2n) is 16.8. The number of hydrogen-bond acceptors (Lipinski definition) is 11. The summed E-state index contributed by atoms with van der Waals surface area (Å²) in [6, 6.07) is 2.18. The van der Waals surface area contributed by atoms with Gasteiger partial charge in [0.1, 0.15) is 17.4 Å². The van der Waals surface area contributed by atoms with Gasteiger partial charge in [0, 0.05) is 70.4 Å². The van der Waals surface area contributed by atoms with Crippen LogP contribution in [-0.4, -0.2) is 100 Å². The molecular weight excluding hydrogens is 665 g/mol. The number of piperazine rings is 1. The van der Waals surface area contributed by atoms with E-state index in [2.05, 4.69) is 45.6 Å². The van der Waals surface area contributed by atoms with Crippen LogP contribution in [-0.2, 0) is 23.9 Å². The van der Waals surface area contributed by atoms with Gasteiger partial charge in [0.05, 0.1) is 18.2 Å². The molecule has 51 heavy (non-hydrogen) atoms. The highest BCUT2D eigenvalue weighted by molar-refractivity contribution is 7.86. The van der Waals surface area contributed by atoms with Gasteiger partial charge in [0.2, 0.25) is 5.95 Å². The zero-order chi connectivity index (χ0) is 35.7. The highest BCUT2D eigenvalue weighted by Crippen LogP contribution is 2.66. The summed E-state index contributed by atoms with van der Waals surface area (Å²) >= 11 is 0. The Balaban J connectivity index is 0.965. The van der Waals surface area contributed by atoms with Crippen molar-refractivity contribution in [3.05, 3.63) is 41.2 Å². The van der Waals surface area contributed by atoms with Gasteiger partial charge in [0.25, 0.3) is 0 Å². The fourth-order valence-corrected chi connectivity index (χ4v) is 11.7. The van der Waals surface area contributed by atoms with E-state index in [0.717, 1.165) is 107 Å². The van der Waals surface area contributed by atoms with Crippen LogP contribution < -0.4 is 14.7 Å². The van der Waals surface area contributed by atoms with E-state index in [-0.39, 0.29) is 34.7 Å². The van der Waals surface area contributed by atoms with Crippen molar-refractivity contribution in [2.45, 2.75) is 72.1 Å². The van der Waals surface area contributed by atoms with Crippen LogP contribution in [0.25, 0.3) is 0 Å². The molecule has 3 aliphatic heterocycles. The van der Waals surface area contributed by atoms with Gasteiger partial charge < -0.3 is 18.9 Å². The van der Waals surface area contributed by atoms with Gasteiger partial charge in [-0.05, 0) is 93.1 Å². The number of rotatable bonds is 8. The van der Waals surface area contributed by atoms with Crippen LogP contribution in [0, 0.1) is 34.5 Å². The smallest absolute Gasteiger partial charge is 0.305 e. The van der Waals surface area contributed by atoms with Gasteiger partial charge >= 0.3 is 10.1 Å². The minimum atomic E-state index is -3.81. The van der Waals surface area contributed by atoms with E-state index >= 15 is 0 Å². The molecule has 5 fully saturated rings. The van der Waals surface area contributed by atoms with Gasteiger partial charge in [0.15, 0.2) is 11.6 Å². The van der Waals surface area contributed by atoms with Crippen LogP contribution >= 0.6 is 0 Å². The molecule has 0 amide bonds. The first kappa shape index (κ1) is 34.8. The van der Waals surface area contributed by atoms with Crippen molar-refractivity contribution in [2.24, 2.45) is 34.5 Å². The molecule has 8 rings (SSSR count). The first-order valence-electron chi connectivity index (χ1n) is 19.3. The molecule has 0 radical (unpaired) electrons. The Labute approximate surface area is 303 Å². The maximum absolute atomic E-state index is 14.4. The standard InChI is InChI=1S/C39H54N6O5S/c1-26-21-31-29-10-9-27-22-28(46)23-33(50-51(4,48)49)39(27,3)30(29)11-12-38(31,2)36(26)32(47)25-42-17-19-44(20-18-42)35-24-34(43-13-5-6-14-43)40-37(41-35)45-15-7-8-16-45/h11,22-24,26,29,31,36H,5-10,12-21,25H2,1-4H3/t26?,29-,31+,36-,38+,39+/m1/s1. The minimum Gasteiger partial charge on any atom is -0.386 e. The SMILES string of the molecule is CC1C[C@H]2[C@@H]3CCC4=CC(=O)C=C(OS(C)(=O)=O)[C@]4(C)C3=CC[C@]2(C)[C@H]1C(=O)CN1CCN(c2cc(N3CCCC3)nc(N3CCCC3)n2)CC1. The third-order valence-electron chi connectivity index (χ3n) is 13.6. The van der Waals surface area contributed by atoms with E-state index < -0.39 is 15.5 Å². The predicted molar refractivity (Wildman–Crippen MR) is 198 cm³/mol. The van der Waals surface area contributed by atoms with Gasteiger partial charge in [-0.3, -0.25) is 14.5 Å². The number of ketones is 2. The molecule has 1 aromatic heterocycles. The largest absolute Gasteiger partial charge is 0.386 e. The number of fused-ring (bicyclic) bond motifs is 5. The molecule has 6 atom stereocenters. The predicted octanol–water partition coefficient (Wildman–Crippen LogP) is 4.76. The number of hydrogen-bond donors (Lipinski definition) is 0. The van der Waals surface area contributed by atoms with Crippen LogP contribution in [0.3, 0.4) is 0 Å². The maximum atomic E-state index is 14.4. The summed E-state index contributed by atoms with van der Waals surface area (Å²) in [4.78, 5) is 46.5. The van der Waals surface area contributed by atoms with Gasteiger partial charge in [-0.25, -0.2) is 0 Å². The monoisotopic (exact) mass is 718 g/mol. The Morgan fingerprint density at radius 3 is 2.20 bits per heavy atom. The van der Waals surface area contributed by atoms with Gasteiger partial charge in [-0.15, -0.1) is 0 Å². The fraction of sp³-hybridized carbons (Fsp3) is 0.692. The molecule has 0 bridgehead atoms. The zero-order valence-electron chi connectivity index (χ0n) is 30.8. The van der Waals surface area contributed by atoms with Crippen molar-refractivity contribution in [1.29, 1.82) is 0 Å². The lowest BCUT2D eigenvalue weighted by Gasteiger charge is -2.53. The van der Waals surface area contributed by atoms with E-state index in [0.29, 0.717) is 24.7 Å². The third-order valence-corrected chi connectivity index (χ3v) is 14.1. The van der Waals surface area contributed by atoms with Crippen molar-refractivity contribution in [1.82, 2.24) is 14.9 Å². The molecular formula is C39H54N6O5S. The van der Waals surface area contributed by atoms with E-state index in [4.69, 9.17) is 14.2 Å². The average Bonchev–Trinajstić information content (AvgIpc) is 3.86. The number of carbonyl (C=O) groups is 2. The molecule has 12 heteroatoms. The third kappa shape index (κ3) is 6.21. The molecule has 1 unspecified atom stereocenters. The lowest BCUT2D eigenvalue weighted by molar-refractivity contribution is -0.129. The number of allylic oxidation sites excluding steroid dienone is 4. The first-order valence-corrected chi connectivity index (χ1v) is 21.1. The molecule has 2 saturated carbocycles. The highest BCUT2D eigenvalue weighted by Gasteiger charge is 2.60. The molecule has 4 heterocycles. The van der Waals surface area contributed by atoms with Gasteiger partial charge in [-0.1, -0.05) is 25.5 Å². The quantitative estimate of drug-likeness (QED) is 0.274. The summed E-state index contributed by atoms with van der Waals surface area (Å²) in [6.45, 7) is 14.5. The Morgan fingerprint density at radius 2 is 1.55 bits per heavy atom. The normalized spacial score (nSPS) is 34.1. The van der Waals surface area contributed by atoms with Crippen molar-refractivity contribution < 1.29 is 22.2 Å². The Bertz CT molecular complexity index is 1750. The van der Waals surface area contributed by atoms with Crippen molar-refractivity contribution >= 4 is 39.3 Å². The summed E-state index contributed by atoms with van der Waals surface area (Å²) < 4.78 is 30.1. The molecule has 0 spiro atoms. The summed E-state index contributed by atoms with van der Waals surface area (Å²) in [5, 5.41) is 0.